The van der Waals surface area contributed by atoms with Gasteiger partial charge in [-0.1, -0.05) is 30.7 Å². The van der Waals surface area contributed by atoms with Gasteiger partial charge in [0.05, 0.1) is 0 Å². The molecule has 0 spiro atoms. The summed E-state index contributed by atoms with van der Waals surface area (Å²) in [6.07, 6.45) is 0. The molecule has 0 aliphatic carbocycles. The maximum absolute atomic E-state index is 6.13. The molecule has 2 nitrogen and oxygen atoms in total. The Morgan fingerprint density at radius 2 is 2.14 bits per heavy atom. The molecule has 0 unspecified atom stereocenters. The van der Waals surface area contributed by atoms with Crippen molar-refractivity contribution in [2.75, 3.05) is 13.6 Å². The van der Waals surface area contributed by atoms with Gasteiger partial charge in [0.2, 0.25) is 0 Å². The van der Waals surface area contributed by atoms with Crippen molar-refractivity contribution in [1.82, 2.24) is 4.90 Å². The molecule has 0 radical (unpaired) electrons. The molecule has 0 heterocycles. The largest absolute Gasteiger partial charge is 0.326 e. The monoisotopic (exact) mass is 212 g/mol. The van der Waals surface area contributed by atoms with Crippen molar-refractivity contribution in [3.05, 3.63) is 34.3 Å². The predicted molar refractivity (Wildman–Crippen MR) is 61.4 cm³/mol. The maximum atomic E-state index is 6.13. The van der Waals surface area contributed by atoms with Gasteiger partial charge in [0.25, 0.3) is 0 Å². The van der Waals surface area contributed by atoms with Crippen molar-refractivity contribution in [1.29, 1.82) is 0 Å². The van der Waals surface area contributed by atoms with E-state index in [1.807, 2.05) is 12.1 Å². The third-order valence-electron chi connectivity index (χ3n) is 2.33. The number of hydrogen-bond donors (Lipinski definition) is 1. The minimum atomic E-state index is 0.545. The van der Waals surface area contributed by atoms with Gasteiger partial charge in [0.1, 0.15) is 0 Å². The minimum Gasteiger partial charge on any atom is -0.326 e. The molecule has 1 aromatic rings. The summed E-state index contributed by atoms with van der Waals surface area (Å²) in [6.45, 7) is 4.58. The molecule has 78 valence electrons. The number of hydrogen-bond acceptors (Lipinski definition) is 2. The number of rotatable bonds is 4. The molecule has 0 saturated carbocycles. The van der Waals surface area contributed by atoms with E-state index in [2.05, 4.69) is 24.9 Å². The Hall–Kier alpha value is -0.570. The van der Waals surface area contributed by atoms with E-state index in [-0.39, 0.29) is 0 Å². The summed E-state index contributed by atoms with van der Waals surface area (Å²) in [5, 5.41) is 0.813. The molecular formula is C11H17ClN2. The third kappa shape index (κ3) is 2.98. The highest BCUT2D eigenvalue weighted by atomic mass is 35.5. The lowest BCUT2D eigenvalue weighted by molar-refractivity contribution is 0.346. The first-order valence-electron chi connectivity index (χ1n) is 4.83. The molecule has 14 heavy (non-hydrogen) atoms. The second-order valence-electron chi connectivity index (χ2n) is 3.46. The van der Waals surface area contributed by atoms with Gasteiger partial charge in [-0.2, -0.15) is 0 Å². The van der Waals surface area contributed by atoms with Crippen LogP contribution in [0.15, 0.2) is 18.2 Å². The lowest BCUT2D eigenvalue weighted by Crippen LogP contribution is -2.17. The zero-order valence-corrected chi connectivity index (χ0v) is 9.51. The lowest BCUT2D eigenvalue weighted by atomic mass is 10.1. The fourth-order valence-corrected chi connectivity index (χ4v) is 1.51. The molecule has 0 saturated heterocycles. The van der Waals surface area contributed by atoms with Crippen LogP contribution in [0.5, 0.6) is 0 Å². The van der Waals surface area contributed by atoms with E-state index in [4.69, 9.17) is 17.3 Å². The summed E-state index contributed by atoms with van der Waals surface area (Å²) in [5.41, 5.74) is 7.77. The second-order valence-corrected chi connectivity index (χ2v) is 3.87. The summed E-state index contributed by atoms with van der Waals surface area (Å²) >= 11 is 6.13. The molecule has 0 atom stereocenters. The first-order valence-corrected chi connectivity index (χ1v) is 5.21. The number of nitrogens with zero attached hydrogens (tertiary/aromatic N) is 1. The normalized spacial score (nSPS) is 10.9. The van der Waals surface area contributed by atoms with Crippen LogP contribution in [0.1, 0.15) is 18.1 Å². The summed E-state index contributed by atoms with van der Waals surface area (Å²) in [5.74, 6) is 0. The first kappa shape index (κ1) is 11.5. The van der Waals surface area contributed by atoms with E-state index in [0.717, 1.165) is 29.2 Å². The van der Waals surface area contributed by atoms with E-state index in [0.29, 0.717) is 6.54 Å². The molecule has 0 aliphatic heterocycles. The minimum absolute atomic E-state index is 0.545. The summed E-state index contributed by atoms with van der Waals surface area (Å²) < 4.78 is 0. The Labute approximate surface area is 90.7 Å². The topological polar surface area (TPSA) is 29.3 Å². The predicted octanol–water partition coefficient (Wildman–Crippen LogP) is 2.25. The van der Waals surface area contributed by atoms with Crippen LogP contribution in [0.4, 0.5) is 0 Å². The van der Waals surface area contributed by atoms with Crippen LogP contribution in [0, 0.1) is 0 Å². The van der Waals surface area contributed by atoms with Crippen molar-refractivity contribution in [3.8, 4) is 0 Å². The Morgan fingerprint density at radius 3 is 2.64 bits per heavy atom. The highest BCUT2D eigenvalue weighted by molar-refractivity contribution is 6.31. The standard InChI is InChI=1S/C11H17ClN2/c1-3-14(2)8-10-5-4-9(7-13)6-11(10)12/h4-6H,3,7-8,13H2,1-2H3. The Kier molecular flexibility index (Phi) is 4.39. The number of nitrogens with two attached hydrogens (primary N) is 1. The van der Waals surface area contributed by atoms with Gasteiger partial charge in [-0.05, 0) is 30.8 Å². The second kappa shape index (κ2) is 5.35. The van der Waals surface area contributed by atoms with E-state index in [9.17, 15) is 0 Å². The molecular weight excluding hydrogens is 196 g/mol. The maximum Gasteiger partial charge on any atom is 0.0454 e. The Balaban J connectivity index is 2.78. The van der Waals surface area contributed by atoms with Gasteiger partial charge in [-0.15, -0.1) is 0 Å². The van der Waals surface area contributed by atoms with E-state index >= 15 is 0 Å². The van der Waals surface area contributed by atoms with Crippen LogP contribution in [-0.2, 0) is 13.1 Å². The van der Waals surface area contributed by atoms with Gasteiger partial charge in [-0.3, -0.25) is 0 Å². The highest BCUT2D eigenvalue weighted by Gasteiger charge is 2.03. The molecule has 3 heteroatoms. The van der Waals surface area contributed by atoms with Crippen LogP contribution in [0.3, 0.4) is 0 Å². The lowest BCUT2D eigenvalue weighted by Gasteiger charge is -2.15. The van der Waals surface area contributed by atoms with Crippen LogP contribution in [0.25, 0.3) is 0 Å². The van der Waals surface area contributed by atoms with Gasteiger partial charge >= 0.3 is 0 Å². The molecule has 2 N–H and O–H groups in total. The van der Waals surface area contributed by atoms with Crippen LogP contribution in [-0.4, -0.2) is 18.5 Å². The fourth-order valence-electron chi connectivity index (χ4n) is 1.25. The smallest absolute Gasteiger partial charge is 0.0454 e. The molecule has 1 aromatic carbocycles. The SMILES string of the molecule is CCN(C)Cc1ccc(CN)cc1Cl. The van der Waals surface area contributed by atoms with Crippen molar-refractivity contribution < 1.29 is 0 Å². The Morgan fingerprint density at radius 1 is 1.43 bits per heavy atom. The molecule has 0 amide bonds. The van der Waals surface area contributed by atoms with Crippen LogP contribution in [0.2, 0.25) is 5.02 Å². The van der Waals surface area contributed by atoms with Crippen molar-refractivity contribution in [2.24, 2.45) is 5.73 Å². The molecule has 0 aromatic heterocycles. The zero-order valence-electron chi connectivity index (χ0n) is 8.76. The number of benzene rings is 1. The van der Waals surface area contributed by atoms with E-state index in [1.54, 1.807) is 0 Å². The summed E-state index contributed by atoms with van der Waals surface area (Å²) in [6, 6.07) is 6.03. The molecule has 1 rings (SSSR count). The average molecular weight is 213 g/mol. The van der Waals surface area contributed by atoms with E-state index in [1.165, 1.54) is 0 Å². The van der Waals surface area contributed by atoms with Crippen molar-refractivity contribution >= 4 is 11.6 Å². The van der Waals surface area contributed by atoms with E-state index < -0.39 is 0 Å². The number of halogens is 1. The summed E-state index contributed by atoms with van der Waals surface area (Å²) in [7, 11) is 2.08. The molecule has 0 fully saturated rings. The van der Waals surface area contributed by atoms with Crippen LogP contribution >= 0.6 is 11.6 Å². The highest BCUT2D eigenvalue weighted by Crippen LogP contribution is 2.18. The molecule has 0 bridgehead atoms. The van der Waals surface area contributed by atoms with Crippen LogP contribution < -0.4 is 5.73 Å². The quantitative estimate of drug-likeness (QED) is 0.830. The zero-order chi connectivity index (χ0) is 10.6. The van der Waals surface area contributed by atoms with Crippen molar-refractivity contribution in [2.45, 2.75) is 20.0 Å². The third-order valence-corrected chi connectivity index (χ3v) is 2.69. The van der Waals surface area contributed by atoms with Crippen molar-refractivity contribution in [3.63, 3.8) is 0 Å². The first-order chi connectivity index (χ1) is 6.67. The van der Waals surface area contributed by atoms with Gasteiger partial charge in [-0.25, -0.2) is 0 Å². The average Bonchev–Trinajstić information content (AvgIpc) is 2.20. The summed E-state index contributed by atoms with van der Waals surface area (Å²) in [4.78, 5) is 2.21. The van der Waals surface area contributed by atoms with Gasteiger partial charge < -0.3 is 10.6 Å². The fraction of sp³-hybridized carbons (Fsp3) is 0.455. The van der Waals surface area contributed by atoms with Gasteiger partial charge in [0, 0.05) is 18.1 Å². The molecule has 0 aliphatic rings. The van der Waals surface area contributed by atoms with Gasteiger partial charge in [0.15, 0.2) is 0 Å². The Bertz CT molecular complexity index is 299.